The number of aliphatic imine (C=N–C) groups is 1. The molecular weight excluding hydrogens is 358 g/mol. The summed E-state index contributed by atoms with van der Waals surface area (Å²) < 4.78 is 1.69. The molecule has 3 aromatic rings. The third-order valence-corrected chi connectivity index (χ3v) is 5.13. The summed E-state index contributed by atoms with van der Waals surface area (Å²) in [7, 11) is 0. The Bertz CT molecular complexity index is 1150. The number of allylic oxidation sites excluding steroid dienone is 2. The predicted octanol–water partition coefficient (Wildman–Crippen LogP) is 4.64. The largest absolute Gasteiger partial charge is 0.508 e. The van der Waals surface area contributed by atoms with Crippen molar-refractivity contribution in [1.29, 1.82) is 0 Å². The molecule has 0 amide bonds. The molecule has 0 unspecified atom stereocenters. The monoisotopic (exact) mass is 375 g/mol. The van der Waals surface area contributed by atoms with Gasteiger partial charge in [-0.1, -0.05) is 41.7 Å². The van der Waals surface area contributed by atoms with Crippen LogP contribution < -0.4 is 4.80 Å². The number of fused-ring (bicyclic) bond motifs is 1. The van der Waals surface area contributed by atoms with E-state index >= 15 is 0 Å². The second-order valence-electron chi connectivity index (χ2n) is 5.98. The summed E-state index contributed by atoms with van der Waals surface area (Å²) in [6, 6.07) is 14.6. The van der Waals surface area contributed by atoms with Gasteiger partial charge in [-0.05, 0) is 24.3 Å². The van der Waals surface area contributed by atoms with Crippen molar-refractivity contribution in [3.63, 3.8) is 0 Å². The minimum Gasteiger partial charge on any atom is -0.508 e. The Kier molecular flexibility index (Phi) is 4.48. The highest BCUT2D eigenvalue weighted by atomic mass is 32.1. The SMILES string of the molecule is C=CCn1c(O)c(/C=C2\C=Nc3ccccc32)sc1=Nc1cccc(O)c1. The van der Waals surface area contributed by atoms with Crippen LogP contribution in [0.15, 0.2) is 71.2 Å². The quantitative estimate of drug-likeness (QED) is 0.653. The highest BCUT2D eigenvalue weighted by molar-refractivity contribution is 7.10. The summed E-state index contributed by atoms with van der Waals surface area (Å²) in [5.41, 5.74) is 3.51. The molecule has 1 aromatic heterocycles. The Morgan fingerprint density at radius 1 is 1.15 bits per heavy atom. The molecule has 0 bridgehead atoms. The molecule has 0 radical (unpaired) electrons. The molecular formula is C21H17N3O2S. The number of benzene rings is 2. The number of thiazole rings is 1. The Morgan fingerprint density at radius 2 is 2.00 bits per heavy atom. The van der Waals surface area contributed by atoms with Crippen LogP contribution in [0.3, 0.4) is 0 Å². The van der Waals surface area contributed by atoms with Gasteiger partial charge in [-0.2, -0.15) is 0 Å². The molecule has 0 aliphatic carbocycles. The maximum Gasteiger partial charge on any atom is 0.211 e. The van der Waals surface area contributed by atoms with Crippen LogP contribution in [0.5, 0.6) is 11.6 Å². The second-order valence-corrected chi connectivity index (χ2v) is 6.99. The van der Waals surface area contributed by atoms with E-state index in [4.69, 9.17) is 0 Å². The summed E-state index contributed by atoms with van der Waals surface area (Å²) in [6.45, 7) is 4.18. The van der Waals surface area contributed by atoms with E-state index < -0.39 is 0 Å². The maximum atomic E-state index is 10.7. The zero-order chi connectivity index (χ0) is 18.8. The van der Waals surface area contributed by atoms with Crippen LogP contribution in [0.4, 0.5) is 11.4 Å². The standard InChI is InChI=1S/C21H17N3O2S/c1-2-10-24-20(26)19(11-14-13-22-18-9-4-3-8-17(14)18)27-21(24)23-15-6-5-7-16(25)12-15/h2-9,11-13,25-26H,1,10H2/b14-11+,23-21?. The van der Waals surface area contributed by atoms with Crippen molar-refractivity contribution in [3.05, 3.63) is 76.4 Å². The normalized spacial score (nSPS) is 14.7. The van der Waals surface area contributed by atoms with Gasteiger partial charge in [-0.15, -0.1) is 6.58 Å². The molecule has 0 fully saturated rings. The first-order chi connectivity index (χ1) is 13.2. The lowest BCUT2D eigenvalue weighted by Crippen LogP contribution is -2.12. The number of para-hydroxylation sites is 1. The predicted molar refractivity (Wildman–Crippen MR) is 110 cm³/mol. The number of aromatic hydroxyl groups is 2. The van der Waals surface area contributed by atoms with Crippen LogP contribution >= 0.6 is 11.3 Å². The van der Waals surface area contributed by atoms with Crippen molar-refractivity contribution in [3.8, 4) is 11.6 Å². The van der Waals surface area contributed by atoms with Crippen LogP contribution in [0.2, 0.25) is 0 Å². The number of hydrogen-bond donors (Lipinski definition) is 2. The fraction of sp³-hybridized carbons (Fsp3) is 0.0476. The lowest BCUT2D eigenvalue weighted by molar-refractivity contribution is 0.421. The van der Waals surface area contributed by atoms with Gasteiger partial charge < -0.3 is 10.2 Å². The van der Waals surface area contributed by atoms with Gasteiger partial charge in [0.1, 0.15) is 5.75 Å². The van der Waals surface area contributed by atoms with E-state index in [0.717, 1.165) is 16.8 Å². The van der Waals surface area contributed by atoms with Gasteiger partial charge in [-0.3, -0.25) is 9.56 Å². The molecule has 5 nitrogen and oxygen atoms in total. The molecule has 1 aliphatic heterocycles. The zero-order valence-corrected chi connectivity index (χ0v) is 15.2. The molecule has 4 rings (SSSR count). The minimum atomic E-state index is 0.129. The first-order valence-corrected chi connectivity index (χ1v) is 9.20. The van der Waals surface area contributed by atoms with Gasteiger partial charge in [-0.25, -0.2) is 4.99 Å². The first kappa shape index (κ1) is 17.1. The summed E-state index contributed by atoms with van der Waals surface area (Å²) in [5, 5.41) is 20.4. The molecule has 1 aliphatic rings. The van der Waals surface area contributed by atoms with Crippen LogP contribution in [-0.2, 0) is 6.54 Å². The van der Waals surface area contributed by atoms with E-state index in [1.165, 1.54) is 11.3 Å². The van der Waals surface area contributed by atoms with E-state index in [0.29, 0.717) is 21.9 Å². The van der Waals surface area contributed by atoms with Crippen LogP contribution in [0, 0.1) is 0 Å². The number of nitrogens with zero attached hydrogens (tertiary/aromatic N) is 3. The molecule has 134 valence electrons. The topological polar surface area (TPSA) is 70.1 Å². The van der Waals surface area contributed by atoms with Crippen LogP contribution in [0.25, 0.3) is 11.6 Å². The number of aromatic nitrogens is 1. The van der Waals surface area contributed by atoms with E-state index in [2.05, 4.69) is 16.6 Å². The Morgan fingerprint density at radius 3 is 2.81 bits per heavy atom. The van der Waals surface area contributed by atoms with E-state index in [1.807, 2.05) is 30.3 Å². The first-order valence-electron chi connectivity index (χ1n) is 8.38. The fourth-order valence-corrected chi connectivity index (χ4v) is 3.87. The van der Waals surface area contributed by atoms with Crippen molar-refractivity contribution >= 4 is 40.6 Å². The van der Waals surface area contributed by atoms with E-state index in [-0.39, 0.29) is 11.6 Å². The van der Waals surface area contributed by atoms with Gasteiger partial charge in [0.2, 0.25) is 5.88 Å². The Hall–Kier alpha value is -3.38. The molecule has 2 aromatic carbocycles. The molecule has 0 atom stereocenters. The summed E-state index contributed by atoms with van der Waals surface area (Å²) in [6.07, 6.45) is 5.42. The highest BCUT2D eigenvalue weighted by Crippen LogP contribution is 2.34. The third kappa shape index (κ3) is 3.35. The molecule has 6 heteroatoms. The number of phenols is 1. The lowest BCUT2D eigenvalue weighted by atomic mass is 10.1. The van der Waals surface area contributed by atoms with E-state index in [1.54, 1.807) is 41.1 Å². The maximum absolute atomic E-state index is 10.7. The Labute approximate surface area is 160 Å². The highest BCUT2D eigenvalue weighted by Gasteiger charge is 2.15. The van der Waals surface area contributed by atoms with Crippen molar-refractivity contribution in [2.75, 3.05) is 0 Å². The van der Waals surface area contributed by atoms with Crippen molar-refractivity contribution in [2.24, 2.45) is 9.98 Å². The second kappa shape index (κ2) is 7.09. The van der Waals surface area contributed by atoms with Gasteiger partial charge in [0.15, 0.2) is 4.80 Å². The molecule has 2 heterocycles. The van der Waals surface area contributed by atoms with Gasteiger partial charge >= 0.3 is 0 Å². The minimum absolute atomic E-state index is 0.129. The number of rotatable bonds is 4. The van der Waals surface area contributed by atoms with Crippen molar-refractivity contribution in [1.82, 2.24) is 4.57 Å². The zero-order valence-electron chi connectivity index (χ0n) is 14.4. The fourth-order valence-electron chi connectivity index (χ4n) is 2.86. The van der Waals surface area contributed by atoms with E-state index in [9.17, 15) is 10.2 Å². The van der Waals surface area contributed by atoms with Crippen LogP contribution in [0.1, 0.15) is 10.4 Å². The molecule has 0 saturated heterocycles. The third-order valence-electron chi connectivity index (χ3n) is 4.12. The average molecular weight is 375 g/mol. The van der Waals surface area contributed by atoms with Gasteiger partial charge in [0, 0.05) is 30.0 Å². The van der Waals surface area contributed by atoms with Crippen molar-refractivity contribution < 1.29 is 10.2 Å². The van der Waals surface area contributed by atoms with Crippen molar-refractivity contribution in [2.45, 2.75) is 6.54 Å². The number of hydrogen-bond acceptors (Lipinski definition) is 5. The van der Waals surface area contributed by atoms with Gasteiger partial charge in [0.05, 0.1) is 16.3 Å². The molecule has 0 spiro atoms. The smallest absolute Gasteiger partial charge is 0.211 e. The summed E-state index contributed by atoms with van der Waals surface area (Å²) in [5.74, 6) is 0.275. The summed E-state index contributed by atoms with van der Waals surface area (Å²) >= 11 is 1.37. The molecule has 0 saturated carbocycles. The summed E-state index contributed by atoms with van der Waals surface area (Å²) in [4.78, 5) is 10.3. The van der Waals surface area contributed by atoms with Crippen LogP contribution in [-0.4, -0.2) is 21.0 Å². The number of phenolic OH excluding ortho intramolecular Hbond substituents is 1. The lowest BCUT2D eigenvalue weighted by Gasteiger charge is -2.01. The van der Waals surface area contributed by atoms with Gasteiger partial charge in [0.25, 0.3) is 0 Å². The average Bonchev–Trinajstić information content (AvgIpc) is 3.19. The molecule has 2 N–H and O–H groups in total. The Balaban J connectivity index is 1.83. The molecule has 27 heavy (non-hydrogen) atoms.